The van der Waals surface area contributed by atoms with E-state index in [9.17, 15) is 0 Å². The van der Waals surface area contributed by atoms with Crippen molar-refractivity contribution in [3.8, 4) is 0 Å². The Morgan fingerprint density at radius 1 is 1.15 bits per heavy atom. The molecule has 0 radical (unpaired) electrons. The third kappa shape index (κ3) is 2.12. The van der Waals surface area contributed by atoms with Crippen molar-refractivity contribution >= 4 is 0 Å². The maximum absolute atomic E-state index is 2.40. The zero-order valence-corrected chi connectivity index (χ0v) is 8.37. The van der Waals surface area contributed by atoms with Gasteiger partial charge in [0.05, 0.1) is 0 Å². The Hall–Kier alpha value is -0.780. The molecule has 1 fully saturated rings. The van der Waals surface area contributed by atoms with Gasteiger partial charge < -0.3 is 0 Å². The van der Waals surface area contributed by atoms with E-state index in [1.54, 1.807) is 0 Å². The molecule has 0 spiro atoms. The van der Waals surface area contributed by atoms with Crippen LogP contribution < -0.4 is 0 Å². The highest BCUT2D eigenvalue weighted by molar-refractivity contribution is 5.15. The van der Waals surface area contributed by atoms with Crippen molar-refractivity contribution in [1.29, 1.82) is 0 Å². The number of benzene rings is 1. The Labute approximate surface area is 81.0 Å². The maximum atomic E-state index is 2.40. The second kappa shape index (κ2) is 3.95. The van der Waals surface area contributed by atoms with Crippen LogP contribution in [0.25, 0.3) is 0 Å². The average molecular weight is 174 g/mol. The van der Waals surface area contributed by atoms with Crippen LogP contribution in [0.5, 0.6) is 0 Å². The van der Waals surface area contributed by atoms with Gasteiger partial charge in [0.15, 0.2) is 0 Å². The molecule has 0 bridgehead atoms. The van der Waals surface area contributed by atoms with Gasteiger partial charge in [0.1, 0.15) is 0 Å². The molecule has 0 heteroatoms. The van der Waals surface area contributed by atoms with Gasteiger partial charge in [-0.3, -0.25) is 0 Å². The highest BCUT2D eigenvalue weighted by Crippen LogP contribution is 2.33. The predicted molar refractivity (Wildman–Crippen MR) is 56.7 cm³/mol. The topological polar surface area (TPSA) is 0 Å². The smallest absolute Gasteiger partial charge is 0.0248 e. The Balaban J connectivity index is 1.98. The van der Waals surface area contributed by atoms with E-state index in [1.807, 2.05) is 0 Å². The molecule has 2 atom stereocenters. The highest BCUT2D eigenvalue weighted by Gasteiger charge is 2.22. The third-order valence-corrected chi connectivity index (χ3v) is 3.38. The lowest BCUT2D eigenvalue weighted by atomic mass is 9.91. The first-order valence-electron chi connectivity index (χ1n) is 5.40. The molecule has 0 N–H and O–H groups in total. The Morgan fingerprint density at radius 2 is 1.92 bits per heavy atom. The fourth-order valence-corrected chi connectivity index (χ4v) is 2.44. The Bertz CT molecular complexity index is 250. The van der Waals surface area contributed by atoms with Gasteiger partial charge in [-0.15, -0.1) is 0 Å². The SMILES string of the molecule is CC1CCCC1Cc1ccccc1. The van der Waals surface area contributed by atoms with Crippen molar-refractivity contribution < 1.29 is 0 Å². The molecule has 2 rings (SSSR count). The summed E-state index contributed by atoms with van der Waals surface area (Å²) in [4.78, 5) is 0. The van der Waals surface area contributed by atoms with Crippen molar-refractivity contribution in [2.75, 3.05) is 0 Å². The number of hydrogen-bond donors (Lipinski definition) is 0. The quantitative estimate of drug-likeness (QED) is 0.641. The summed E-state index contributed by atoms with van der Waals surface area (Å²) in [6.45, 7) is 2.40. The monoisotopic (exact) mass is 174 g/mol. The molecular weight excluding hydrogens is 156 g/mol. The fraction of sp³-hybridized carbons (Fsp3) is 0.538. The van der Waals surface area contributed by atoms with Gasteiger partial charge in [0, 0.05) is 0 Å². The second-order valence-corrected chi connectivity index (χ2v) is 4.36. The first-order valence-corrected chi connectivity index (χ1v) is 5.40. The van der Waals surface area contributed by atoms with Crippen LogP contribution >= 0.6 is 0 Å². The summed E-state index contributed by atoms with van der Waals surface area (Å²) in [6.07, 6.45) is 5.62. The van der Waals surface area contributed by atoms with Crippen molar-refractivity contribution in [3.63, 3.8) is 0 Å². The van der Waals surface area contributed by atoms with E-state index in [2.05, 4.69) is 37.3 Å². The minimum atomic E-state index is 0.945. The molecule has 2 unspecified atom stereocenters. The largest absolute Gasteiger partial charge is 0.0622 e. The van der Waals surface area contributed by atoms with Crippen LogP contribution in [-0.4, -0.2) is 0 Å². The molecule has 0 saturated heterocycles. The normalized spacial score (nSPS) is 27.8. The average Bonchev–Trinajstić information content (AvgIpc) is 2.54. The summed E-state index contributed by atoms with van der Waals surface area (Å²) in [6, 6.07) is 10.9. The summed E-state index contributed by atoms with van der Waals surface area (Å²) >= 11 is 0. The van der Waals surface area contributed by atoms with Gasteiger partial charge in [0.2, 0.25) is 0 Å². The van der Waals surface area contributed by atoms with Crippen LogP contribution in [0, 0.1) is 11.8 Å². The summed E-state index contributed by atoms with van der Waals surface area (Å²) in [5, 5.41) is 0. The molecular formula is C13H18. The van der Waals surface area contributed by atoms with Crippen molar-refractivity contribution in [2.45, 2.75) is 32.6 Å². The molecule has 1 aliphatic carbocycles. The molecule has 1 aromatic rings. The molecule has 0 amide bonds. The first-order chi connectivity index (χ1) is 6.36. The minimum absolute atomic E-state index is 0.945. The van der Waals surface area contributed by atoms with E-state index in [0.29, 0.717) is 0 Å². The maximum Gasteiger partial charge on any atom is -0.0248 e. The zero-order valence-electron chi connectivity index (χ0n) is 8.37. The van der Waals surface area contributed by atoms with Gasteiger partial charge in [0.25, 0.3) is 0 Å². The van der Waals surface area contributed by atoms with Gasteiger partial charge in [-0.05, 0) is 30.2 Å². The van der Waals surface area contributed by atoms with Gasteiger partial charge in [-0.1, -0.05) is 50.1 Å². The second-order valence-electron chi connectivity index (χ2n) is 4.36. The van der Waals surface area contributed by atoms with Gasteiger partial charge in [-0.25, -0.2) is 0 Å². The van der Waals surface area contributed by atoms with E-state index in [1.165, 1.54) is 31.2 Å². The van der Waals surface area contributed by atoms with Crippen LogP contribution in [-0.2, 0) is 6.42 Å². The fourth-order valence-electron chi connectivity index (χ4n) is 2.44. The summed E-state index contributed by atoms with van der Waals surface area (Å²) in [5.74, 6) is 1.89. The first kappa shape index (κ1) is 8.80. The van der Waals surface area contributed by atoms with Gasteiger partial charge >= 0.3 is 0 Å². The lowest BCUT2D eigenvalue weighted by Crippen LogP contribution is -2.07. The lowest BCUT2D eigenvalue weighted by molar-refractivity contribution is 0.417. The Morgan fingerprint density at radius 3 is 2.54 bits per heavy atom. The van der Waals surface area contributed by atoms with Crippen LogP contribution in [0.3, 0.4) is 0 Å². The number of hydrogen-bond acceptors (Lipinski definition) is 0. The lowest BCUT2D eigenvalue weighted by Gasteiger charge is -2.14. The van der Waals surface area contributed by atoms with E-state index >= 15 is 0 Å². The van der Waals surface area contributed by atoms with Gasteiger partial charge in [-0.2, -0.15) is 0 Å². The summed E-state index contributed by atoms with van der Waals surface area (Å²) < 4.78 is 0. The van der Waals surface area contributed by atoms with Crippen LogP contribution in [0.15, 0.2) is 30.3 Å². The predicted octanol–water partition coefficient (Wildman–Crippen LogP) is 3.67. The van der Waals surface area contributed by atoms with Crippen molar-refractivity contribution in [1.82, 2.24) is 0 Å². The molecule has 0 heterocycles. The summed E-state index contributed by atoms with van der Waals surface area (Å²) in [7, 11) is 0. The molecule has 1 aliphatic rings. The van der Waals surface area contributed by atoms with E-state index < -0.39 is 0 Å². The van der Waals surface area contributed by atoms with Crippen LogP contribution in [0.1, 0.15) is 31.7 Å². The minimum Gasteiger partial charge on any atom is -0.0622 e. The Kier molecular flexibility index (Phi) is 2.68. The van der Waals surface area contributed by atoms with E-state index in [-0.39, 0.29) is 0 Å². The highest BCUT2D eigenvalue weighted by atomic mass is 14.3. The molecule has 0 aliphatic heterocycles. The zero-order chi connectivity index (χ0) is 9.10. The summed E-state index contributed by atoms with van der Waals surface area (Å²) in [5.41, 5.74) is 1.52. The van der Waals surface area contributed by atoms with E-state index in [4.69, 9.17) is 0 Å². The molecule has 1 aromatic carbocycles. The van der Waals surface area contributed by atoms with E-state index in [0.717, 1.165) is 11.8 Å². The van der Waals surface area contributed by atoms with Crippen molar-refractivity contribution in [3.05, 3.63) is 35.9 Å². The molecule has 0 nitrogen and oxygen atoms in total. The standard InChI is InChI=1S/C13H18/c1-11-6-5-9-13(11)10-12-7-3-2-4-8-12/h2-4,7-8,11,13H,5-6,9-10H2,1H3. The third-order valence-electron chi connectivity index (χ3n) is 3.38. The number of rotatable bonds is 2. The molecule has 70 valence electrons. The van der Waals surface area contributed by atoms with Crippen LogP contribution in [0.4, 0.5) is 0 Å². The molecule has 0 aromatic heterocycles. The van der Waals surface area contributed by atoms with Crippen molar-refractivity contribution in [2.24, 2.45) is 11.8 Å². The molecule has 1 saturated carbocycles. The molecule has 13 heavy (non-hydrogen) atoms. The van der Waals surface area contributed by atoms with Crippen LogP contribution in [0.2, 0.25) is 0 Å².